The summed E-state index contributed by atoms with van der Waals surface area (Å²) in [6, 6.07) is 4.60. The number of ether oxygens (including phenoxy) is 5. The zero-order chi connectivity index (χ0) is 19.6. The molecule has 8 heteroatoms. The van der Waals surface area contributed by atoms with E-state index in [0.29, 0.717) is 29.3 Å². The second-order valence-electron chi connectivity index (χ2n) is 6.75. The first-order valence-electron chi connectivity index (χ1n) is 8.79. The Bertz CT molecular complexity index is 1160. The van der Waals surface area contributed by atoms with E-state index >= 15 is 0 Å². The molecule has 8 nitrogen and oxygen atoms in total. The molecule has 1 fully saturated rings. The van der Waals surface area contributed by atoms with Crippen LogP contribution in [0.3, 0.4) is 0 Å². The Morgan fingerprint density at radius 1 is 1.07 bits per heavy atom. The lowest BCUT2D eigenvalue weighted by Gasteiger charge is -2.14. The summed E-state index contributed by atoms with van der Waals surface area (Å²) in [6.07, 6.45) is -0.359. The van der Waals surface area contributed by atoms with Crippen molar-refractivity contribution in [2.45, 2.75) is 24.9 Å². The third-order valence-corrected chi connectivity index (χ3v) is 5.38. The minimum Gasteiger partial charge on any atom is -0.507 e. The zero-order valence-electron chi connectivity index (χ0n) is 15.5. The van der Waals surface area contributed by atoms with E-state index in [0.717, 1.165) is 5.56 Å². The fourth-order valence-corrected chi connectivity index (χ4v) is 4.08. The Labute approximate surface area is 159 Å². The van der Waals surface area contributed by atoms with Gasteiger partial charge in [0.1, 0.15) is 33.6 Å². The van der Waals surface area contributed by atoms with Crippen molar-refractivity contribution in [2.75, 3.05) is 21.3 Å². The normalized spacial score (nSPS) is 22.9. The predicted octanol–water partition coefficient (Wildman–Crippen LogP) is 2.86. The summed E-state index contributed by atoms with van der Waals surface area (Å²) in [5.41, 5.74) is 0.826. The predicted molar refractivity (Wildman–Crippen MR) is 98.4 cm³/mol. The van der Waals surface area contributed by atoms with E-state index in [4.69, 9.17) is 28.1 Å². The van der Waals surface area contributed by atoms with Crippen molar-refractivity contribution in [2.24, 2.45) is 0 Å². The summed E-state index contributed by atoms with van der Waals surface area (Å²) in [5, 5.41) is 10.6. The van der Waals surface area contributed by atoms with Gasteiger partial charge in [-0.3, -0.25) is 4.79 Å². The molecule has 1 saturated heterocycles. The molecule has 146 valence electrons. The second-order valence-corrected chi connectivity index (χ2v) is 6.75. The summed E-state index contributed by atoms with van der Waals surface area (Å²) >= 11 is 0. The van der Waals surface area contributed by atoms with Gasteiger partial charge < -0.3 is 33.2 Å². The van der Waals surface area contributed by atoms with Crippen LogP contribution in [0.15, 0.2) is 27.4 Å². The fourth-order valence-electron chi connectivity index (χ4n) is 4.08. The number of aromatic hydroxyl groups is 1. The highest BCUT2D eigenvalue weighted by atomic mass is 16.8. The highest BCUT2D eigenvalue weighted by molar-refractivity contribution is 6.00. The maximum Gasteiger partial charge on any atom is 0.209 e. The molecule has 2 aliphatic heterocycles. The van der Waals surface area contributed by atoms with Crippen LogP contribution in [0.2, 0.25) is 0 Å². The maximum atomic E-state index is 13.3. The fraction of sp³-hybridized carbons (Fsp3) is 0.350. The van der Waals surface area contributed by atoms with Crippen molar-refractivity contribution in [1.82, 2.24) is 0 Å². The molecule has 0 radical (unpaired) electrons. The summed E-state index contributed by atoms with van der Waals surface area (Å²) in [5.74, 6) is 0.839. The zero-order valence-corrected chi connectivity index (χ0v) is 15.5. The molecule has 0 spiro atoms. The smallest absolute Gasteiger partial charge is 0.209 e. The molecule has 3 aromatic rings. The van der Waals surface area contributed by atoms with Crippen LogP contribution in [-0.4, -0.2) is 39.0 Å². The van der Waals surface area contributed by atoms with E-state index < -0.39 is 18.0 Å². The molecule has 0 aliphatic carbocycles. The third-order valence-electron chi connectivity index (χ3n) is 5.38. The third kappa shape index (κ3) is 2.15. The minimum atomic E-state index is -0.526. The van der Waals surface area contributed by atoms with Crippen LogP contribution >= 0.6 is 0 Å². The summed E-state index contributed by atoms with van der Waals surface area (Å²) in [7, 11) is 4.50. The van der Waals surface area contributed by atoms with Crippen LogP contribution in [0.1, 0.15) is 17.9 Å². The molecule has 2 aliphatic rings. The number of benzene rings is 2. The van der Waals surface area contributed by atoms with Gasteiger partial charge in [0.15, 0.2) is 17.6 Å². The van der Waals surface area contributed by atoms with Gasteiger partial charge in [-0.25, -0.2) is 0 Å². The molecule has 1 aromatic heterocycles. The number of hydrogen-bond acceptors (Lipinski definition) is 8. The van der Waals surface area contributed by atoms with Crippen molar-refractivity contribution in [3.63, 3.8) is 0 Å². The maximum absolute atomic E-state index is 13.3. The molecule has 0 amide bonds. The van der Waals surface area contributed by atoms with Crippen molar-refractivity contribution in [3.05, 3.63) is 34.0 Å². The molecule has 0 unspecified atom stereocenters. The van der Waals surface area contributed by atoms with Gasteiger partial charge in [-0.1, -0.05) is 0 Å². The first-order valence-corrected chi connectivity index (χ1v) is 8.79. The van der Waals surface area contributed by atoms with Crippen LogP contribution in [0, 0.1) is 0 Å². The van der Waals surface area contributed by atoms with Gasteiger partial charge >= 0.3 is 0 Å². The number of phenols is 1. The first-order chi connectivity index (χ1) is 13.6. The van der Waals surface area contributed by atoms with Crippen LogP contribution in [0.4, 0.5) is 0 Å². The number of methoxy groups -OCH3 is 3. The monoisotopic (exact) mass is 386 g/mol. The van der Waals surface area contributed by atoms with Crippen molar-refractivity contribution < 1.29 is 33.2 Å². The summed E-state index contributed by atoms with van der Waals surface area (Å²) in [4.78, 5) is 13.3. The van der Waals surface area contributed by atoms with E-state index in [9.17, 15) is 9.90 Å². The molecular formula is C20H18O8. The lowest BCUT2D eigenvalue weighted by Crippen LogP contribution is -2.17. The molecule has 0 bridgehead atoms. The Balaban J connectivity index is 1.90. The van der Waals surface area contributed by atoms with Crippen molar-refractivity contribution in [3.8, 4) is 23.0 Å². The summed E-state index contributed by atoms with van der Waals surface area (Å²) < 4.78 is 33.9. The van der Waals surface area contributed by atoms with Crippen LogP contribution in [0.25, 0.3) is 21.9 Å². The van der Waals surface area contributed by atoms with E-state index in [1.165, 1.54) is 20.3 Å². The topological polar surface area (TPSA) is 96.6 Å². The highest BCUT2D eigenvalue weighted by Crippen LogP contribution is 2.51. The van der Waals surface area contributed by atoms with Crippen LogP contribution in [-0.2, 0) is 9.47 Å². The molecule has 3 heterocycles. The number of fused-ring (bicyclic) bond motifs is 6. The van der Waals surface area contributed by atoms with Crippen LogP contribution < -0.4 is 19.6 Å². The quantitative estimate of drug-likeness (QED) is 0.687. The van der Waals surface area contributed by atoms with E-state index in [2.05, 4.69) is 0 Å². The van der Waals surface area contributed by atoms with E-state index in [1.54, 1.807) is 19.2 Å². The van der Waals surface area contributed by atoms with Gasteiger partial charge in [0.25, 0.3) is 0 Å². The van der Waals surface area contributed by atoms with E-state index in [1.807, 2.05) is 0 Å². The van der Waals surface area contributed by atoms with Gasteiger partial charge in [-0.05, 0) is 12.1 Å². The largest absolute Gasteiger partial charge is 0.507 e. The molecule has 1 N–H and O–H groups in total. The minimum absolute atomic E-state index is 0.0398. The molecular weight excluding hydrogens is 368 g/mol. The summed E-state index contributed by atoms with van der Waals surface area (Å²) in [6.45, 7) is 0. The van der Waals surface area contributed by atoms with Gasteiger partial charge in [0.2, 0.25) is 11.7 Å². The Morgan fingerprint density at radius 2 is 1.86 bits per heavy atom. The van der Waals surface area contributed by atoms with E-state index in [-0.39, 0.29) is 28.0 Å². The van der Waals surface area contributed by atoms with Gasteiger partial charge in [0.05, 0.1) is 20.1 Å². The molecule has 5 rings (SSSR count). The Kier molecular flexibility index (Phi) is 3.68. The molecule has 0 saturated carbocycles. The Hall–Kier alpha value is -2.97. The lowest BCUT2D eigenvalue weighted by atomic mass is 9.95. The molecule has 3 atom stereocenters. The second kappa shape index (κ2) is 6.02. The van der Waals surface area contributed by atoms with Crippen molar-refractivity contribution >= 4 is 21.9 Å². The molecule has 2 aromatic carbocycles. The highest BCUT2D eigenvalue weighted by Gasteiger charge is 2.46. The SMILES string of the molecule is COc1ccc(O)c2c(=O)c3c(OC)cc4c(c3oc12)[C@@H]1C[C@@H](OC)O[C@H]1O4. The number of hydrogen-bond donors (Lipinski definition) is 1. The van der Waals surface area contributed by atoms with Gasteiger partial charge in [0, 0.05) is 25.2 Å². The standard InChI is InChI=1S/C20H18O8/c1-23-10-5-4-9(21)15-17(22)16-11(24-2)7-12-14(19(16)28-18(10)15)8-6-13(25-3)27-20(8)26-12/h4-5,7-8,13,20-21H,6H2,1-3H3/t8-,13-,20+/m0/s1. The number of rotatable bonds is 3. The Morgan fingerprint density at radius 3 is 2.57 bits per heavy atom. The van der Waals surface area contributed by atoms with Gasteiger partial charge in [-0.2, -0.15) is 0 Å². The first kappa shape index (κ1) is 17.2. The average molecular weight is 386 g/mol. The van der Waals surface area contributed by atoms with Crippen molar-refractivity contribution in [1.29, 1.82) is 0 Å². The van der Waals surface area contributed by atoms with Gasteiger partial charge in [-0.15, -0.1) is 0 Å². The average Bonchev–Trinajstić information content (AvgIpc) is 3.24. The molecule has 28 heavy (non-hydrogen) atoms. The number of phenolic OH excluding ortho intramolecular Hbond substituents is 1. The lowest BCUT2D eigenvalue weighted by molar-refractivity contribution is -0.162. The van der Waals surface area contributed by atoms with Crippen LogP contribution in [0.5, 0.6) is 23.0 Å².